The fraction of sp³-hybridized carbons (Fsp3) is 0.462. The van der Waals surface area contributed by atoms with Gasteiger partial charge < -0.3 is 5.32 Å². The van der Waals surface area contributed by atoms with E-state index >= 15 is 0 Å². The number of nitrogens with one attached hydrogen (secondary N) is 2. The maximum Gasteiger partial charge on any atom is 0.236 e. The summed E-state index contributed by atoms with van der Waals surface area (Å²) in [5, 5.41) is 6.12. The van der Waals surface area contributed by atoms with Crippen molar-refractivity contribution >= 4 is 29.1 Å². The topological polar surface area (TPSA) is 41.1 Å². The molecule has 0 aliphatic rings. The van der Waals surface area contributed by atoms with Crippen LogP contribution >= 0.6 is 23.2 Å². The van der Waals surface area contributed by atoms with Crippen LogP contribution in [0.15, 0.2) is 12.1 Å². The van der Waals surface area contributed by atoms with Crippen LogP contribution in [0, 0.1) is 5.82 Å². The van der Waals surface area contributed by atoms with Crippen molar-refractivity contribution in [3.05, 3.63) is 33.6 Å². The number of halogens is 3. The molecule has 1 amide bonds. The van der Waals surface area contributed by atoms with E-state index in [0.29, 0.717) is 17.1 Å². The minimum absolute atomic E-state index is 0.0160. The predicted molar refractivity (Wildman–Crippen MR) is 76.1 cm³/mol. The number of carbonyl (C=O) groups is 1. The van der Waals surface area contributed by atoms with Crippen molar-refractivity contribution in [1.82, 2.24) is 10.6 Å². The van der Waals surface area contributed by atoms with Gasteiger partial charge in [0.1, 0.15) is 5.82 Å². The number of amides is 1. The molecule has 0 saturated carbocycles. The minimum Gasteiger partial charge on any atom is -0.355 e. The molecule has 1 aromatic rings. The van der Waals surface area contributed by atoms with E-state index in [9.17, 15) is 9.18 Å². The number of likely N-dealkylation sites (N-methyl/N-ethyl adjacent to an activating group) is 1. The zero-order valence-electron chi connectivity index (χ0n) is 11.1. The molecule has 0 bridgehead atoms. The highest BCUT2D eigenvalue weighted by atomic mass is 35.5. The fourth-order valence-corrected chi connectivity index (χ4v) is 2.28. The summed E-state index contributed by atoms with van der Waals surface area (Å²) in [6.07, 6.45) is 0. The standard InChI is InChI=1S/C13H17Cl2FN2O/c1-4-17-13(19)8(3)18-7(2)9-5-12(16)11(15)6-10(9)14/h5-8,18H,4H2,1-3H3,(H,17,19)/t7-,8+/m0/s1. The van der Waals surface area contributed by atoms with Crippen molar-refractivity contribution in [1.29, 1.82) is 0 Å². The first-order chi connectivity index (χ1) is 8.86. The first-order valence-corrected chi connectivity index (χ1v) is 6.80. The number of hydrogen-bond acceptors (Lipinski definition) is 2. The molecule has 2 atom stereocenters. The summed E-state index contributed by atoms with van der Waals surface area (Å²) in [6.45, 7) is 5.96. The Morgan fingerprint density at radius 3 is 2.53 bits per heavy atom. The average Bonchev–Trinajstić information content (AvgIpc) is 2.33. The second kappa shape index (κ2) is 7.08. The Morgan fingerprint density at radius 2 is 1.95 bits per heavy atom. The molecule has 19 heavy (non-hydrogen) atoms. The van der Waals surface area contributed by atoms with Gasteiger partial charge in [0.05, 0.1) is 11.1 Å². The molecular weight excluding hydrogens is 290 g/mol. The zero-order chi connectivity index (χ0) is 14.6. The quantitative estimate of drug-likeness (QED) is 0.820. The molecular formula is C13H17Cl2FN2O. The molecule has 1 rings (SSSR count). The summed E-state index contributed by atoms with van der Waals surface area (Å²) < 4.78 is 13.4. The number of hydrogen-bond donors (Lipinski definition) is 2. The normalized spacial score (nSPS) is 14.0. The first-order valence-electron chi connectivity index (χ1n) is 6.05. The molecule has 0 aliphatic carbocycles. The van der Waals surface area contributed by atoms with Gasteiger partial charge in [-0.3, -0.25) is 10.1 Å². The first kappa shape index (κ1) is 16.2. The molecule has 3 nitrogen and oxygen atoms in total. The van der Waals surface area contributed by atoms with Crippen molar-refractivity contribution < 1.29 is 9.18 Å². The van der Waals surface area contributed by atoms with Gasteiger partial charge in [0.2, 0.25) is 5.91 Å². The van der Waals surface area contributed by atoms with Crippen molar-refractivity contribution in [3.8, 4) is 0 Å². The van der Waals surface area contributed by atoms with Gasteiger partial charge in [0.25, 0.3) is 0 Å². The summed E-state index contributed by atoms with van der Waals surface area (Å²) in [6, 6.07) is 1.98. The smallest absolute Gasteiger partial charge is 0.236 e. The molecule has 0 aliphatic heterocycles. The summed E-state index contributed by atoms with van der Waals surface area (Å²) in [5.74, 6) is -0.639. The highest BCUT2D eigenvalue weighted by Crippen LogP contribution is 2.28. The van der Waals surface area contributed by atoms with Gasteiger partial charge in [-0.25, -0.2) is 4.39 Å². The SMILES string of the molecule is CCNC(=O)[C@@H](C)N[C@@H](C)c1cc(F)c(Cl)cc1Cl. The van der Waals surface area contributed by atoms with E-state index in [1.54, 1.807) is 6.92 Å². The highest BCUT2D eigenvalue weighted by Gasteiger charge is 2.18. The third-order valence-electron chi connectivity index (χ3n) is 2.75. The molecule has 0 spiro atoms. The van der Waals surface area contributed by atoms with Crippen molar-refractivity contribution in [3.63, 3.8) is 0 Å². The summed E-state index contributed by atoms with van der Waals surface area (Å²) >= 11 is 11.7. The number of rotatable bonds is 5. The Balaban J connectivity index is 2.81. The van der Waals surface area contributed by atoms with Gasteiger partial charge in [-0.1, -0.05) is 23.2 Å². The monoisotopic (exact) mass is 306 g/mol. The van der Waals surface area contributed by atoms with E-state index in [0.717, 1.165) is 0 Å². The summed E-state index contributed by atoms with van der Waals surface area (Å²) in [7, 11) is 0. The molecule has 0 unspecified atom stereocenters. The number of carbonyl (C=O) groups excluding carboxylic acids is 1. The van der Waals surface area contributed by atoms with Crippen LogP contribution in [0.5, 0.6) is 0 Å². The molecule has 106 valence electrons. The van der Waals surface area contributed by atoms with E-state index in [1.807, 2.05) is 13.8 Å². The van der Waals surface area contributed by atoms with Gasteiger partial charge in [-0.2, -0.15) is 0 Å². The van der Waals surface area contributed by atoms with Crippen molar-refractivity contribution in [2.75, 3.05) is 6.54 Å². The molecule has 0 aromatic heterocycles. The molecule has 6 heteroatoms. The molecule has 0 saturated heterocycles. The van der Waals surface area contributed by atoms with Gasteiger partial charge in [0, 0.05) is 17.6 Å². The Hall–Kier alpha value is -0.840. The molecule has 2 N–H and O–H groups in total. The van der Waals surface area contributed by atoms with Gasteiger partial charge in [-0.05, 0) is 38.5 Å². The van der Waals surface area contributed by atoms with Crippen LogP contribution in [0.2, 0.25) is 10.0 Å². The third-order valence-corrected chi connectivity index (χ3v) is 3.37. The lowest BCUT2D eigenvalue weighted by Crippen LogP contribution is -2.43. The number of benzene rings is 1. The molecule has 1 aromatic carbocycles. The van der Waals surface area contributed by atoms with Crippen LogP contribution in [0.25, 0.3) is 0 Å². The zero-order valence-corrected chi connectivity index (χ0v) is 12.6. The van der Waals surface area contributed by atoms with Crippen LogP contribution in [0.1, 0.15) is 32.4 Å². The van der Waals surface area contributed by atoms with E-state index in [4.69, 9.17) is 23.2 Å². The summed E-state index contributed by atoms with van der Waals surface area (Å²) in [5.41, 5.74) is 0.569. The lowest BCUT2D eigenvalue weighted by molar-refractivity contribution is -0.122. The second-order valence-corrected chi connectivity index (χ2v) is 5.11. The lowest BCUT2D eigenvalue weighted by atomic mass is 10.1. The Kier molecular flexibility index (Phi) is 6.04. The van der Waals surface area contributed by atoms with Crippen molar-refractivity contribution in [2.45, 2.75) is 32.9 Å². The molecule has 0 radical (unpaired) electrons. The maximum atomic E-state index is 13.4. The van der Waals surface area contributed by atoms with Crippen LogP contribution in [-0.4, -0.2) is 18.5 Å². The van der Waals surface area contributed by atoms with Gasteiger partial charge >= 0.3 is 0 Å². The lowest BCUT2D eigenvalue weighted by Gasteiger charge is -2.20. The Bertz CT molecular complexity index is 468. The van der Waals surface area contributed by atoms with Crippen LogP contribution in [-0.2, 0) is 4.79 Å². The van der Waals surface area contributed by atoms with E-state index in [-0.39, 0.29) is 17.0 Å². The van der Waals surface area contributed by atoms with E-state index in [1.165, 1.54) is 12.1 Å². The van der Waals surface area contributed by atoms with Gasteiger partial charge in [0.15, 0.2) is 0 Å². The third kappa shape index (κ3) is 4.34. The Labute approximate surface area is 122 Å². The van der Waals surface area contributed by atoms with E-state index < -0.39 is 11.9 Å². The highest BCUT2D eigenvalue weighted by molar-refractivity contribution is 6.35. The largest absolute Gasteiger partial charge is 0.355 e. The summed E-state index contributed by atoms with van der Waals surface area (Å²) in [4.78, 5) is 11.6. The minimum atomic E-state index is -0.527. The van der Waals surface area contributed by atoms with Crippen molar-refractivity contribution in [2.24, 2.45) is 0 Å². The van der Waals surface area contributed by atoms with Crippen LogP contribution in [0.3, 0.4) is 0 Å². The van der Waals surface area contributed by atoms with Crippen LogP contribution in [0.4, 0.5) is 4.39 Å². The predicted octanol–water partition coefficient (Wildman–Crippen LogP) is 3.31. The van der Waals surface area contributed by atoms with E-state index in [2.05, 4.69) is 10.6 Å². The molecule has 0 fully saturated rings. The maximum absolute atomic E-state index is 13.4. The fourth-order valence-electron chi connectivity index (χ4n) is 1.74. The second-order valence-electron chi connectivity index (χ2n) is 4.29. The Morgan fingerprint density at radius 1 is 1.32 bits per heavy atom. The van der Waals surface area contributed by atoms with Crippen LogP contribution < -0.4 is 10.6 Å². The average molecular weight is 307 g/mol. The molecule has 0 heterocycles. The van der Waals surface area contributed by atoms with Gasteiger partial charge in [-0.15, -0.1) is 0 Å².